The zero-order chi connectivity index (χ0) is 9.26. The monoisotopic (exact) mass is 179 g/mol. The van der Waals surface area contributed by atoms with Crippen molar-refractivity contribution in [2.24, 2.45) is 5.92 Å². The average Bonchev–Trinajstić information content (AvgIpc) is 2.31. The third-order valence-corrected chi connectivity index (χ3v) is 2.47. The molecule has 1 saturated heterocycles. The fourth-order valence-electron chi connectivity index (χ4n) is 1.59. The summed E-state index contributed by atoms with van der Waals surface area (Å²) in [6, 6.07) is 0. The first kappa shape index (κ1) is 8.75. The summed E-state index contributed by atoms with van der Waals surface area (Å²) in [5.41, 5.74) is 1.30. The second-order valence-electron chi connectivity index (χ2n) is 4.24. The highest BCUT2D eigenvalue weighted by atomic mass is 15.0. The van der Waals surface area contributed by atoms with Crippen molar-refractivity contribution in [3.8, 4) is 0 Å². The Bertz CT molecular complexity index is 273. The Balaban J connectivity index is 2.00. The molecule has 2 rings (SSSR count). The number of hydrogen-bond donors (Lipinski definition) is 2. The summed E-state index contributed by atoms with van der Waals surface area (Å²) in [6.07, 6.45) is 3.05. The molecule has 1 aromatic heterocycles. The van der Waals surface area contributed by atoms with Crippen LogP contribution >= 0.6 is 0 Å². The van der Waals surface area contributed by atoms with E-state index in [-0.39, 0.29) is 0 Å². The van der Waals surface area contributed by atoms with Crippen LogP contribution in [0.5, 0.6) is 0 Å². The highest BCUT2D eigenvalue weighted by Crippen LogP contribution is 2.17. The van der Waals surface area contributed by atoms with E-state index in [0.29, 0.717) is 11.8 Å². The minimum absolute atomic E-state index is 0.674. The van der Waals surface area contributed by atoms with Crippen molar-refractivity contribution in [1.29, 1.82) is 0 Å². The van der Waals surface area contributed by atoms with E-state index in [1.807, 2.05) is 6.20 Å². The van der Waals surface area contributed by atoms with Crippen molar-refractivity contribution in [2.75, 3.05) is 13.1 Å². The van der Waals surface area contributed by atoms with E-state index in [9.17, 15) is 0 Å². The lowest BCUT2D eigenvalue weighted by atomic mass is 10.0. The lowest BCUT2D eigenvalue weighted by Gasteiger charge is -2.25. The van der Waals surface area contributed by atoms with Gasteiger partial charge in [0.05, 0.1) is 0 Å². The third kappa shape index (κ3) is 1.91. The number of rotatable bonds is 3. The summed E-state index contributed by atoms with van der Waals surface area (Å²) >= 11 is 0. The van der Waals surface area contributed by atoms with Gasteiger partial charge in [0.1, 0.15) is 5.82 Å². The van der Waals surface area contributed by atoms with E-state index in [0.717, 1.165) is 25.3 Å². The summed E-state index contributed by atoms with van der Waals surface area (Å²) in [5.74, 6) is 2.49. The molecule has 0 radical (unpaired) electrons. The van der Waals surface area contributed by atoms with E-state index >= 15 is 0 Å². The molecule has 0 atom stereocenters. The van der Waals surface area contributed by atoms with Crippen LogP contribution < -0.4 is 5.32 Å². The molecule has 13 heavy (non-hydrogen) atoms. The maximum absolute atomic E-state index is 4.38. The standard InChI is InChI=1S/C10H17N3/c1-7(2)3-10-12-6-9(13-10)8-4-11-5-8/h6-8,11H,3-5H2,1-2H3,(H,12,13). The Labute approximate surface area is 79.0 Å². The number of aromatic amines is 1. The van der Waals surface area contributed by atoms with Crippen LogP contribution in [0.4, 0.5) is 0 Å². The zero-order valence-corrected chi connectivity index (χ0v) is 8.30. The van der Waals surface area contributed by atoms with Crippen LogP contribution in [0.25, 0.3) is 0 Å². The zero-order valence-electron chi connectivity index (χ0n) is 8.30. The fourth-order valence-corrected chi connectivity index (χ4v) is 1.59. The summed E-state index contributed by atoms with van der Waals surface area (Å²) in [6.45, 7) is 6.63. The molecule has 1 aliphatic heterocycles. The molecule has 0 unspecified atom stereocenters. The number of nitrogens with one attached hydrogen (secondary N) is 2. The van der Waals surface area contributed by atoms with Crippen molar-refractivity contribution in [1.82, 2.24) is 15.3 Å². The average molecular weight is 179 g/mol. The SMILES string of the molecule is CC(C)Cc1ncc(C2CNC2)[nH]1. The second-order valence-corrected chi connectivity index (χ2v) is 4.24. The van der Waals surface area contributed by atoms with Gasteiger partial charge < -0.3 is 10.3 Å². The van der Waals surface area contributed by atoms with E-state index in [4.69, 9.17) is 0 Å². The number of hydrogen-bond acceptors (Lipinski definition) is 2. The molecule has 72 valence electrons. The summed E-state index contributed by atoms with van der Waals surface area (Å²) in [5, 5.41) is 3.26. The Morgan fingerprint density at radius 3 is 2.85 bits per heavy atom. The van der Waals surface area contributed by atoms with Gasteiger partial charge in [0, 0.05) is 37.3 Å². The molecule has 3 heteroatoms. The molecule has 0 amide bonds. The van der Waals surface area contributed by atoms with Crippen molar-refractivity contribution in [2.45, 2.75) is 26.2 Å². The van der Waals surface area contributed by atoms with Crippen LogP contribution in [0.3, 0.4) is 0 Å². The highest BCUT2D eigenvalue weighted by molar-refractivity contribution is 5.12. The first-order valence-electron chi connectivity index (χ1n) is 5.00. The first-order valence-corrected chi connectivity index (χ1v) is 5.00. The van der Waals surface area contributed by atoms with Gasteiger partial charge in [-0.15, -0.1) is 0 Å². The predicted molar refractivity (Wildman–Crippen MR) is 52.7 cm³/mol. The molecular formula is C10H17N3. The van der Waals surface area contributed by atoms with Gasteiger partial charge in [0.25, 0.3) is 0 Å². The van der Waals surface area contributed by atoms with Crippen LogP contribution in [-0.2, 0) is 6.42 Å². The molecule has 3 nitrogen and oxygen atoms in total. The van der Waals surface area contributed by atoms with Crippen LogP contribution in [0.2, 0.25) is 0 Å². The van der Waals surface area contributed by atoms with Crippen LogP contribution in [-0.4, -0.2) is 23.1 Å². The van der Waals surface area contributed by atoms with E-state index in [2.05, 4.69) is 29.1 Å². The normalized spacial score (nSPS) is 17.8. The van der Waals surface area contributed by atoms with Gasteiger partial charge in [-0.05, 0) is 5.92 Å². The third-order valence-electron chi connectivity index (χ3n) is 2.47. The maximum Gasteiger partial charge on any atom is 0.106 e. The number of nitrogens with zero attached hydrogens (tertiary/aromatic N) is 1. The molecule has 0 aromatic carbocycles. The van der Waals surface area contributed by atoms with E-state index < -0.39 is 0 Å². The minimum Gasteiger partial charge on any atom is -0.346 e. The topological polar surface area (TPSA) is 40.7 Å². The Kier molecular flexibility index (Phi) is 2.36. The molecule has 1 aliphatic rings. The molecule has 2 heterocycles. The van der Waals surface area contributed by atoms with Crippen molar-refractivity contribution < 1.29 is 0 Å². The lowest BCUT2D eigenvalue weighted by molar-refractivity contribution is 0.440. The quantitative estimate of drug-likeness (QED) is 0.734. The largest absolute Gasteiger partial charge is 0.346 e. The molecule has 0 bridgehead atoms. The molecule has 0 saturated carbocycles. The Hall–Kier alpha value is -0.830. The molecular weight excluding hydrogens is 162 g/mol. The molecule has 1 aromatic rings. The van der Waals surface area contributed by atoms with Gasteiger partial charge in [-0.25, -0.2) is 4.98 Å². The number of aromatic nitrogens is 2. The molecule has 2 N–H and O–H groups in total. The van der Waals surface area contributed by atoms with Crippen LogP contribution in [0.1, 0.15) is 31.3 Å². The second kappa shape index (κ2) is 3.50. The van der Waals surface area contributed by atoms with Crippen molar-refractivity contribution in [3.05, 3.63) is 17.7 Å². The predicted octanol–water partition coefficient (Wildman–Crippen LogP) is 1.29. The van der Waals surface area contributed by atoms with Gasteiger partial charge in [-0.2, -0.15) is 0 Å². The Morgan fingerprint density at radius 2 is 2.31 bits per heavy atom. The maximum atomic E-state index is 4.38. The van der Waals surface area contributed by atoms with Gasteiger partial charge in [-0.1, -0.05) is 13.8 Å². The summed E-state index contributed by atoms with van der Waals surface area (Å²) in [4.78, 5) is 7.77. The van der Waals surface area contributed by atoms with Crippen LogP contribution in [0.15, 0.2) is 6.20 Å². The smallest absolute Gasteiger partial charge is 0.106 e. The highest BCUT2D eigenvalue weighted by Gasteiger charge is 2.20. The Morgan fingerprint density at radius 1 is 1.54 bits per heavy atom. The summed E-state index contributed by atoms with van der Waals surface area (Å²) in [7, 11) is 0. The minimum atomic E-state index is 0.674. The first-order chi connectivity index (χ1) is 6.25. The number of imidazole rings is 1. The molecule has 1 fully saturated rings. The van der Waals surface area contributed by atoms with Gasteiger partial charge in [0.2, 0.25) is 0 Å². The van der Waals surface area contributed by atoms with Crippen LogP contribution in [0, 0.1) is 5.92 Å². The molecule has 0 aliphatic carbocycles. The van der Waals surface area contributed by atoms with Gasteiger partial charge in [-0.3, -0.25) is 0 Å². The summed E-state index contributed by atoms with van der Waals surface area (Å²) < 4.78 is 0. The lowest BCUT2D eigenvalue weighted by Crippen LogP contribution is -2.40. The van der Waals surface area contributed by atoms with Crippen molar-refractivity contribution in [3.63, 3.8) is 0 Å². The van der Waals surface area contributed by atoms with Crippen molar-refractivity contribution >= 4 is 0 Å². The van der Waals surface area contributed by atoms with E-state index in [1.165, 1.54) is 5.69 Å². The molecule has 0 spiro atoms. The van der Waals surface area contributed by atoms with Gasteiger partial charge >= 0.3 is 0 Å². The van der Waals surface area contributed by atoms with Gasteiger partial charge in [0.15, 0.2) is 0 Å². The number of H-pyrrole nitrogens is 1. The fraction of sp³-hybridized carbons (Fsp3) is 0.700. The van der Waals surface area contributed by atoms with E-state index in [1.54, 1.807) is 0 Å².